The van der Waals surface area contributed by atoms with E-state index in [4.69, 9.17) is 4.74 Å². The van der Waals surface area contributed by atoms with E-state index < -0.39 is 46.1 Å². The molecule has 0 amide bonds. The van der Waals surface area contributed by atoms with Crippen molar-refractivity contribution in [3.05, 3.63) is 23.3 Å². The second-order valence-corrected chi connectivity index (χ2v) is 12.3. The standard InChI is InChI=1S/C28H42O6/c1-16(2)17(3)13-24(31)34-23-15-22-25(5)10-8-20(30)14-19(25)7-11-27(22,32)28(33)12-9-21(18(4)29)26(23,28)6/h7,13,16,20-23,30,32-33H,8-12,14-15H2,1-6H3/t20-,21-,22+,23+,25-,26-,27-,28+/m0/s1. The maximum atomic E-state index is 13.0. The van der Waals surface area contributed by atoms with E-state index in [1.165, 1.54) is 13.0 Å². The van der Waals surface area contributed by atoms with E-state index in [1.54, 1.807) is 0 Å². The summed E-state index contributed by atoms with van der Waals surface area (Å²) in [5.41, 5.74) is -2.47. The number of allylic oxidation sites excluding steroid dienone is 1. The first-order valence-corrected chi connectivity index (χ1v) is 12.9. The van der Waals surface area contributed by atoms with Gasteiger partial charge in [0.2, 0.25) is 0 Å². The van der Waals surface area contributed by atoms with Crippen LogP contribution in [0.3, 0.4) is 0 Å². The number of hydrogen-bond donors (Lipinski definition) is 3. The van der Waals surface area contributed by atoms with Gasteiger partial charge in [0.05, 0.1) is 6.10 Å². The normalized spacial score (nSPS) is 46.3. The number of carbonyl (C=O) groups excluding carboxylic acids is 2. The topological polar surface area (TPSA) is 104 Å². The zero-order valence-electron chi connectivity index (χ0n) is 21.6. The van der Waals surface area contributed by atoms with Gasteiger partial charge >= 0.3 is 5.97 Å². The predicted molar refractivity (Wildman–Crippen MR) is 129 cm³/mol. The highest BCUT2D eigenvalue weighted by Gasteiger charge is 2.77. The summed E-state index contributed by atoms with van der Waals surface area (Å²) in [6.45, 7) is 11.4. The Kier molecular flexibility index (Phi) is 6.23. The molecule has 8 atom stereocenters. The third-order valence-corrected chi connectivity index (χ3v) is 10.4. The van der Waals surface area contributed by atoms with Crippen LogP contribution in [0.4, 0.5) is 0 Å². The zero-order valence-corrected chi connectivity index (χ0v) is 21.6. The Bertz CT molecular complexity index is 935. The number of aliphatic hydroxyl groups is 3. The Morgan fingerprint density at radius 2 is 1.82 bits per heavy atom. The second kappa shape index (κ2) is 8.28. The average molecular weight is 475 g/mol. The van der Waals surface area contributed by atoms with Crippen molar-refractivity contribution in [1.29, 1.82) is 0 Å². The number of carbonyl (C=O) groups is 2. The Morgan fingerprint density at radius 3 is 2.44 bits per heavy atom. The molecule has 0 radical (unpaired) electrons. The van der Waals surface area contributed by atoms with E-state index in [2.05, 4.69) is 6.92 Å². The minimum atomic E-state index is -1.57. The Hall–Kier alpha value is -1.50. The first-order valence-electron chi connectivity index (χ1n) is 12.9. The highest BCUT2D eigenvalue weighted by molar-refractivity contribution is 5.83. The van der Waals surface area contributed by atoms with E-state index >= 15 is 0 Å². The van der Waals surface area contributed by atoms with Crippen molar-refractivity contribution < 1.29 is 29.6 Å². The molecule has 3 N–H and O–H groups in total. The minimum absolute atomic E-state index is 0.0468. The highest BCUT2D eigenvalue weighted by atomic mass is 16.5. The summed E-state index contributed by atoms with van der Waals surface area (Å²) in [6.07, 6.45) is 5.72. The molecule has 3 saturated carbocycles. The molecule has 0 spiro atoms. The van der Waals surface area contributed by atoms with Crippen LogP contribution in [0.5, 0.6) is 0 Å². The molecule has 0 heterocycles. The van der Waals surface area contributed by atoms with Gasteiger partial charge in [0.15, 0.2) is 0 Å². The molecule has 4 rings (SSSR count). The SMILES string of the molecule is CC(=O)[C@@H]1CC[C@@]2(O)[C@]1(C)[C@H](OC(=O)C=C(C)C(C)C)C[C@@H]1[C@@]3(C)CC[C@H](O)CC3=CC[C@]12O. The third-order valence-electron chi connectivity index (χ3n) is 10.4. The van der Waals surface area contributed by atoms with Crippen molar-refractivity contribution in [2.24, 2.45) is 28.6 Å². The van der Waals surface area contributed by atoms with E-state index in [0.717, 1.165) is 11.1 Å². The fourth-order valence-corrected chi connectivity index (χ4v) is 7.96. The smallest absolute Gasteiger partial charge is 0.330 e. The van der Waals surface area contributed by atoms with E-state index in [9.17, 15) is 24.9 Å². The third kappa shape index (κ3) is 3.39. The van der Waals surface area contributed by atoms with Gasteiger partial charge in [0.1, 0.15) is 23.1 Å². The van der Waals surface area contributed by atoms with Crippen molar-refractivity contribution in [1.82, 2.24) is 0 Å². The Balaban J connectivity index is 1.81. The molecule has 34 heavy (non-hydrogen) atoms. The van der Waals surface area contributed by atoms with Gasteiger partial charge in [0, 0.05) is 23.3 Å². The minimum Gasteiger partial charge on any atom is -0.458 e. The lowest BCUT2D eigenvalue weighted by molar-refractivity contribution is -0.299. The molecular weight excluding hydrogens is 432 g/mol. The van der Waals surface area contributed by atoms with Gasteiger partial charge in [-0.15, -0.1) is 0 Å². The number of ketones is 1. The lowest BCUT2D eigenvalue weighted by atomic mass is 9.43. The molecule has 3 fully saturated rings. The second-order valence-electron chi connectivity index (χ2n) is 12.3. The van der Waals surface area contributed by atoms with Crippen LogP contribution >= 0.6 is 0 Å². The molecule has 0 saturated heterocycles. The Morgan fingerprint density at radius 1 is 1.15 bits per heavy atom. The highest BCUT2D eigenvalue weighted by Crippen LogP contribution is 2.70. The van der Waals surface area contributed by atoms with Gasteiger partial charge < -0.3 is 20.1 Å². The van der Waals surface area contributed by atoms with Crippen molar-refractivity contribution in [3.63, 3.8) is 0 Å². The van der Waals surface area contributed by atoms with Crippen molar-refractivity contribution >= 4 is 11.8 Å². The molecule has 0 bridgehead atoms. The van der Waals surface area contributed by atoms with Gasteiger partial charge in [-0.25, -0.2) is 4.79 Å². The first kappa shape index (κ1) is 25.6. The fourth-order valence-electron chi connectivity index (χ4n) is 7.96. The van der Waals surface area contributed by atoms with Crippen molar-refractivity contribution in [2.75, 3.05) is 0 Å². The van der Waals surface area contributed by atoms with E-state index in [1.807, 2.05) is 33.8 Å². The molecule has 6 nitrogen and oxygen atoms in total. The summed E-state index contributed by atoms with van der Waals surface area (Å²) in [7, 11) is 0. The van der Waals surface area contributed by atoms with Crippen LogP contribution < -0.4 is 0 Å². The molecule has 4 aliphatic carbocycles. The van der Waals surface area contributed by atoms with Gasteiger partial charge in [-0.05, 0) is 70.1 Å². The van der Waals surface area contributed by atoms with Crippen molar-refractivity contribution in [2.45, 2.75) is 110 Å². The van der Waals surface area contributed by atoms with E-state index in [0.29, 0.717) is 32.1 Å². The number of hydrogen-bond acceptors (Lipinski definition) is 6. The van der Waals surface area contributed by atoms with Gasteiger partial charge in [0.25, 0.3) is 0 Å². The number of ether oxygens (including phenoxy) is 1. The van der Waals surface area contributed by atoms with Gasteiger partial charge in [-0.3, -0.25) is 4.79 Å². The quantitative estimate of drug-likeness (QED) is 0.325. The number of Topliss-reactive ketones (excluding diaryl/α,β-unsaturated/α-hetero) is 1. The Labute approximate surface area is 203 Å². The number of fused-ring (bicyclic) bond motifs is 5. The lowest BCUT2D eigenvalue weighted by Gasteiger charge is -2.66. The summed E-state index contributed by atoms with van der Waals surface area (Å²) in [6, 6.07) is 0. The van der Waals surface area contributed by atoms with Crippen LogP contribution in [0.2, 0.25) is 0 Å². The maximum Gasteiger partial charge on any atom is 0.330 e. The largest absolute Gasteiger partial charge is 0.458 e. The summed E-state index contributed by atoms with van der Waals surface area (Å²) in [5, 5.41) is 35.0. The van der Waals surface area contributed by atoms with Crippen LogP contribution in [0.15, 0.2) is 23.3 Å². The van der Waals surface area contributed by atoms with Crippen LogP contribution in [-0.2, 0) is 14.3 Å². The molecule has 0 aromatic heterocycles. The number of esters is 1. The van der Waals surface area contributed by atoms with Crippen LogP contribution in [0.1, 0.15) is 86.5 Å². The summed E-state index contributed by atoms with van der Waals surface area (Å²) >= 11 is 0. The molecule has 6 heteroatoms. The van der Waals surface area contributed by atoms with Crippen LogP contribution in [0, 0.1) is 28.6 Å². The monoisotopic (exact) mass is 474 g/mol. The molecule has 190 valence electrons. The van der Waals surface area contributed by atoms with Gasteiger partial charge in [-0.1, -0.05) is 44.9 Å². The molecule has 0 unspecified atom stereocenters. The van der Waals surface area contributed by atoms with Crippen LogP contribution in [-0.4, -0.2) is 50.5 Å². The lowest BCUT2D eigenvalue weighted by Crippen LogP contribution is -2.75. The number of rotatable bonds is 4. The first-order chi connectivity index (χ1) is 15.7. The van der Waals surface area contributed by atoms with Gasteiger partial charge in [-0.2, -0.15) is 0 Å². The van der Waals surface area contributed by atoms with E-state index in [-0.39, 0.29) is 30.5 Å². The summed E-state index contributed by atoms with van der Waals surface area (Å²) in [4.78, 5) is 25.8. The fraction of sp³-hybridized carbons (Fsp3) is 0.786. The zero-order chi connectivity index (χ0) is 25.3. The number of aliphatic hydroxyl groups excluding tert-OH is 1. The molecule has 0 aromatic rings. The molecule has 4 aliphatic rings. The maximum absolute atomic E-state index is 13.0. The molecule has 0 aliphatic heterocycles. The van der Waals surface area contributed by atoms with Crippen molar-refractivity contribution in [3.8, 4) is 0 Å². The molecule has 0 aromatic carbocycles. The summed E-state index contributed by atoms with van der Waals surface area (Å²) in [5.74, 6) is -1.15. The average Bonchev–Trinajstić information content (AvgIpc) is 3.04. The molecular formula is C28H42O6. The summed E-state index contributed by atoms with van der Waals surface area (Å²) < 4.78 is 6.11. The van der Waals surface area contributed by atoms with Crippen LogP contribution in [0.25, 0.3) is 0 Å². The predicted octanol–water partition coefficient (Wildman–Crippen LogP) is 3.87.